The first-order valence-electron chi connectivity index (χ1n) is 6.38. The van der Waals surface area contributed by atoms with Gasteiger partial charge in [-0.1, -0.05) is 13.3 Å². The molecule has 1 aromatic rings. The van der Waals surface area contributed by atoms with Crippen molar-refractivity contribution in [2.24, 2.45) is 11.7 Å². The lowest BCUT2D eigenvalue weighted by Crippen LogP contribution is -2.31. The van der Waals surface area contributed by atoms with Gasteiger partial charge in [0, 0.05) is 24.4 Å². The molecule has 4 nitrogen and oxygen atoms in total. The van der Waals surface area contributed by atoms with Crippen molar-refractivity contribution in [1.29, 1.82) is 0 Å². The molecule has 0 radical (unpaired) electrons. The molecule has 0 aliphatic heterocycles. The van der Waals surface area contributed by atoms with E-state index in [2.05, 4.69) is 4.98 Å². The van der Waals surface area contributed by atoms with Crippen molar-refractivity contribution in [3.8, 4) is 0 Å². The van der Waals surface area contributed by atoms with E-state index in [1.54, 1.807) is 21.7 Å². The minimum absolute atomic E-state index is 0.0624. The number of aromatic nitrogens is 1. The molecule has 0 spiro atoms. The maximum Gasteiger partial charge on any atom is 0.225 e. The second kappa shape index (κ2) is 7.48. The van der Waals surface area contributed by atoms with Crippen LogP contribution in [0.1, 0.15) is 38.8 Å². The number of rotatable bonds is 7. The van der Waals surface area contributed by atoms with E-state index < -0.39 is 0 Å². The molecule has 2 atom stereocenters. The summed E-state index contributed by atoms with van der Waals surface area (Å²) in [6.07, 6.45) is 2.89. The smallest absolute Gasteiger partial charge is 0.225 e. The Morgan fingerprint density at radius 2 is 2.22 bits per heavy atom. The van der Waals surface area contributed by atoms with Gasteiger partial charge in [-0.15, -0.1) is 11.3 Å². The second-order valence-corrected chi connectivity index (χ2v) is 5.70. The average Bonchev–Trinajstić information content (AvgIpc) is 2.80. The van der Waals surface area contributed by atoms with Gasteiger partial charge >= 0.3 is 0 Å². The third kappa shape index (κ3) is 5.14. The third-order valence-electron chi connectivity index (χ3n) is 2.98. The fourth-order valence-electron chi connectivity index (χ4n) is 1.88. The minimum atomic E-state index is 0.0624. The zero-order chi connectivity index (χ0) is 13.5. The predicted molar refractivity (Wildman–Crippen MR) is 75.3 cm³/mol. The highest BCUT2D eigenvalue weighted by molar-refractivity contribution is 7.07. The van der Waals surface area contributed by atoms with Gasteiger partial charge in [0.2, 0.25) is 5.91 Å². The predicted octanol–water partition coefficient (Wildman–Crippen LogP) is 2.26. The molecule has 2 N–H and O–H groups in total. The number of thiazole rings is 1. The van der Waals surface area contributed by atoms with E-state index in [1.165, 1.54) is 0 Å². The largest absolute Gasteiger partial charge is 0.340 e. The van der Waals surface area contributed by atoms with Crippen molar-refractivity contribution in [1.82, 2.24) is 9.88 Å². The summed E-state index contributed by atoms with van der Waals surface area (Å²) in [4.78, 5) is 18.1. The number of amides is 1. The number of nitrogens with two attached hydrogens (primary N) is 1. The van der Waals surface area contributed by atoms with Crippen LogP contribution in [0.15, 0.2) is 10.9 Å². The molecular weight excluding hydrogens is 246 g/mol. The Morgan fingerprint density at radius 1 is 1.50 bits per heavy atom. The highest BCUT2D eigenvalue weighted by atomic mass is 32.1. The highest BCUT2D eigenvalue weighted by Crippen LogP contribution is 2.13. The molecule has 0 bridgehead atoms. The molecule has 0 aliphatic carbocycles. The maximum atomic E-state index is 12.1. The first-order valence-corrected chi connectivity index (χ1v) is 7.32. The molecule has 0 aliphatic rings. The van der Waals surface area contributed by atoms with E-state index in [4.69, 9.17) is 5.73 Å². The summed E-state index contributed by atoms with van der Waals surface area (Å²) < 4.78 is 0. The topological polar surface area (TPSA) is 59.2 Å². The van der Waals surface area contributed by atoms with Gasteiger partial charge in [0.05, 0.1) is 17.7 Å². The van der Waals surface area contributed by atoms with E-state index >= 15 is 0 Å². The molecule has 18 heavy (non-hydrogen) atoms. The Bertz CT molecular complexity index is 351. The molecule has 1 amide bonds. The summed E-state index contributed by atoms with van der Waals surface area (Å²) in [5.74, 6) is 0.250. The van der Waals surface area contributed by atoms with E-state index in [-0.39, 0.29) is 17.9 Å². The zero-order valence-electron chi connectivity index (χ0n) is 11.4. The normalized spacial score (nSPS) is 14.2. The summed E-state index contributed by atoms with van der Waals surface area (Å²) in [5.41, 5.74) is 8.45. The standard InChI is InChI=1S/C13H23N3OS/c1-10(5-4-6-11(2)14)13(17)16(3)7-12-8-18-9-15-12/h8-11H,4-7,14H2,1-3H3. The summed E-state index contributed by atoms with van der Waals surface area (Å²) in [5, 5.41) is 1.98. The zero-order valence-corrected chi connectivity index (χ0v) is 12.2. The molecule has 1 aromatic heterocycles. The third-order valence-corrected chi connectivity index (χ3v) is 3.61. The monoisotopic (exact) mass is 269 g/mol. The van der Waals surface area contributed by atoms with Crippen LogP contribution in [0.3, 0.4) is 0 Å². The quantitative estimate of drug-likeness (QED) is 0.826. The van der Waals surface area contributed by atoms with Crippen molar-refractivity contribution < 1.29 is 4.79 Å². The van der Waals surface area contributed by atoms with Crippen LogP contribution in [0.4, 0.5) is 0 Å². The molecule has 1 rings (SSSR count). The van der Waals surface area contributed by atoms with Gasteiger partial charge in [0.1, 0.15) is 0 Å². The molecule has 0 saturated carbocycles. The van der Waals surface area contributed by atoms with Gasteiger partial charge < -0.3 is 10.6 Å². The van der Waals surface area contributed by atoms with Gasteiger partial charge in [-0.05, 0) is 19.8 Å². The van der Waals surface area contributed by atoms with Gasteiger partial charge in [-0.3, -0.25) is 4.79 Å². The summed E-state index contributed by atoms with van der Waals surface area (Å²) in [6.45, 7) is 4.59. The summed E-state index contributed by atoms with van der Waals surface area (Å²) in [6, 6.07) is 0.222. The lowest BCUT2D eigenvalue weighted by Gasteiger charge is -2.20. The van der Waals surface area contributed by atoms with Gasteiger partial charge in [0.25, 0.3) is 0 Å². The fourth-order valence-corrected chi connectivity index (χ4v) is 2.43. The number of hydrogen-bond acceptors (Lipinski definition) is 4. The number of carbonyl (C=O) groups excluding carboxylic acids is 1. The van der Waals surface area contributed by atoms with Crippen molar-refractivity contribution in [3.63, 3.8) is 0 Å². The van der Waals surface area contributed by atoms with Gasteiger partial charge in [0.15, 0.2) is 0 Å². The van der Waals surface area contributed by atoms with Gasteiger partial charge in [-0.2, -0.15) is 0 Å². The van der Waals surface area contributed by atoms with Crippen LogP contribution in [0.2, 0.25) is 0 Å². The van der Waals surface area contributed by atoms with Crippen LogP contribution in [0, 0.1) is 5.92 Å². The van der Waals surface area contributed by atoms with E-state index in [9.17, 15) is 4.79 Å². The molecular formula is C13H23N3OS. The molecule has 102 valence electrons. The van der Waals surface area contributed by atoms with Gasteiger partial charge in [-0.25, -0.2) is 4.98 Å². The molecule has 2 unspecified atom stereocenters. The molecule has 0 fully saturated rings. The first-order chi connectivity index (χ1) is 8.50. The Hall–Kier alpha value is -0.940. The lowest BCUT2D eigenvalue weighted by atomic mass is 10.0. The average molecular weight is 269 g/mol. The van der Waals surface area contributed by atoms with Crippen LogP contribution in [0.25, 0.3) is 0 Å². The first kappa shape index (κ1) is 15.1. The highest BCUT2D eigenvalue weighted by Gasteiger charge is 2.17. The molecule has 5 heteroatoms. The Kier molecular flexibility index (Phi) is 6.29. The van der Waals surface area contributed by atoms with Crippen LogP contribution in [-0.2, 0) is 11.3 Å². The lowest BCUT2D eigenvalue weighted by molar-refractivity contribution is -0.134. The van der Waals surface area contributed by atoms with Crippen LogP contribution in [-0.4, -0.2) is 28.9 Å². The Labute approximate surface area is 113 Å². The van der Waals surface area contributed by atoms with Crippen molar-refractivity contribution in [2.45, 2.75) is 45.7 Å². The fraction of sp³-hybridized carbons (Fsp3) is 0.692. The number of nitrogens with zero attached hydrogens (tertiary/aromatic N) is 2. The Morgan fingerprint density at radius 3 is 2.78 bits per heavy atom. The van der Waals surface area contributed by atoms with E-state index in [0.29, 0.717) is 6.54 Å². The van der Waals surface area contributed by atoms with Crippen molar-refractivity contribution in [2.75, 3.05) is 7.05 Å². The van der Waals surface area contributed by atoms with Crippen LogP contribution < -0.4 is 5.73 Å². The van der Waals surface area contributed by atoms with E-state index in [0.717, 1.165) is 25.0 Å². The second-order valence-electron chi connectivity index (χ2n) is 4.98. The summed E-state index contributed by atoms with van der Waals surface area (Å²) in [7, 11) is 1.84. The number of hydrogen-bond donors (Lipinski definition) is 1. The van der Waals surface area contributed by atoms with Crippen LogP contribution >= 0.6 is 11.3 Å². The molecule has 0 saturated heterocycles. The van der Waals surface area contributed by atoms with Crippen molar-refractivity contribution in [3.05, 3.63) is 16.6 Å². The molecule has 0 aromatic carbocycles. The maximum absolute atomic E-state index is 12.1. The van der Waals surface area contributed by atoms with Crippen LogP contribution in [0.5, 0.6) is 0 Å². The van der Waals surface area contributed by atoms with Crippen molar-refractivity contribution >= 4 is 17.2 Å². The Balaban J connectivity index is 2.33. The minimum Gasteiger partial charge on any atom is -0.340 e. The SMILES string of the molecule is CC(N)CCCC(C)C(=O)N(C)Cc1cscn1. The number of carbonyl (C=O) groups is 1. The summed E-state index contributed by atoms with van der Waals surface area (Å²) >= 11 is 1.56. The molecule has 1 heterocycles. The van der Waals surface area contributed by atoms with E-state index in [1.807, 2.05) is 26.3 Å².